The monoisotopic (exact) mass is 334 g/mol. The van der Waals surface area contributed by atoms with E-state index in [1.54, 1.807) is 30.3 Å². The minimum absolute atomic E-state index is 0.401. The van der Waals surface area contributed by atoms with E-state index in [0.29, 0.717) is 39.1 Å². The van der Waals surface area contributed by atoms with Crippen LogP contribution in [-0.4, -0.2) is 6.61 Å². The Balaban J connectivity index is 2.17. The third-order valence-corrected chi connectivity index (χ3v) is 3.79. The maximum absolute atomic E-state index is 12.2. The number of halogens is 2. The van der Waals surface area contributed by atoms with Crippen molar-refractivity contribution in [3.05, 3.63) is 62.9 Å². The van der Waals surface area contributed by atoms with Crippen molar-refractivity contribution in [1.82, 2.24) is 0 Å². The molecule has 3 aromatic rings. The summed E-state index contributed by atoms with van der Waals surface area (Å²) >= 11 is 12.1. The van der Waals surface area contributed by atoms with E-state index < -0.39 is 5.63 Å². The van der Waals surface area contributed by atoms with Gasteiger partial charge in [0.2, 0.25) is 0 Å². The van der Waals surface area contributed by atoms with E-state index in [1.165, 1.54) is 0 Å². The molecule has 0 fully saturated rings. The van der Waals surface area contributed by atoms with Gasteiger partial charge in [0, 0.05) is 22.0 Å². The van der Waals surface area contributed by atoms with Crippen molar-refractivity contribution in [3.8, 4) is 16.9 Å². The quantitative estimate of drug-likeness (QED) is 0.620. The van der Waals surface area contributed by atoms with Crippen LogP contribution in [0.3, 0.4) is 0 Å². The summed E-state index contributed by atoms with van der Waals surface area (Å²) in [5.41, 5.74) is 1.02. The summed E-state index contributed by atoms with van der Waals surface area (Å²) in [4.78, 5) is 12.2. The fourth-order valence-corrected chi connectivity index (χ4v) is 2.75. The van der Waals surface area contributed by atoms with E-state index in [0.717, 1.165) is 5.39 Å². The average molecular weight is 335 g/mol. The number of hydrogen-bond acceptors (Lipinski definition) is 3. The molecule has 0 N–H and O–H groups in total. The molecule has 0 bridgehead atoms. The Kier molecular flexibility index (Phi) is 4.10. The molecule has 0 radical (unpaired) electrons. The summed E-state index contributed by atoms with van der Waals surface area (Å²) in [7, 11) is 0. The number of ether oxygens (including phenoxy) is 1. The number of fused-ring (bicyclic) bond motifs is 1. The third kappa shape index (κ3) is 2.82. The Hall–Kier alpha value is -1.97. The molecule has 3 nitrogen and oxygen atoms in total. The highest BCUT2D eigenvalue weighted by Gasteiger charge is 2.12. The van der Waals surface area contributed by atoms with Crippen molar-refractivity contribution in [1.29, 1.82) is 0 Å². The van der Waals surface area contributed by atoms with Gasteiger partial charge in [-0.05, 0) is 37.3 Å². The number of hydrogen-bond donors (Lipinski definition) is 0. The highest BCUT2D eigenvalue weighted by Crippen LogP contribution is 2.30. The smallest absolute Gasteiger partial charge is 0.344 e. The number of rotatable bonds is 3. The van der Waals surface area contributed by atoms with Gasteiger partial charge in [0.1, 0.15) is 11.3 Å². The summed E-state index contributed by atoms with van der Waals surface area (Å²) in [6, 6.07) is 12.1. The van der Waals surface area contributed by atoms with Gasteiger partial charge in [-0.1, -0.05) is 29.3 Å². The van der Waals surface area contributed by atoms with Crippen LogP contribution in [0.5, 0.6) is 5.75 Å². The van der Waals surface area contributed by atoms with Crippen LogP contribution in [0.15, 0.2) is 51.7 Å². The predicted octanol–water partition coefficient (Wildman–Crippen LogP) is 5.17. The van der Waals surface area contributed by atoms with Gasteiger partial charge in [-0.3, -0.25) is 0 Å². The van der Waals surface area contributed by atoms with Gasteiger partial charge in [-0.15, -0.1) is 0 Å². The Labute approximate surface area is 137 Å². The molecule has 0 saturated heterocycles. The van der Waals surface area contributed by atoms with Crippen LogP contribution >= 0.6 is 23.2 Å². The summed E-state index contributed by atoms with van der Waals surface area (Å²) in [5, 5.41) is 1.72. The van der Waals surface area contributed by atoms with E-state index in [9.17, 15) is 4.79 Å². The predicted molar refractivity (Wildman–Crippen MR) is 89.1 cm³/mol. The maximum atomic E-state index is 12.2. The van der Waals surface area contributed by atoms with E-state index in [-0.39, 0.29) is 0 Å². The van der Waals surface area contributed by atoms with Gasteiger partial charge in [-0.2, -0.15) is 0 Å². The molecule has 0 saturated carbocycles. The minimum Gasteiger partial charge on any atom is -0.494 e. The zero-order valence-corrected chi connectivity index (χ0v) is 13.2. The van der Waals surface area contributed by atoms with E-state index in [4.69, 9.17) is 32.4 Å². The van der Waals surface area contributed by atoms with Crippen LogP contribution in [0.25, 0.3) is 22.1 Å². The molecule has 0 unspecified atom stereocenters. The minimum atomic E-state index is -0.453. The molecule has 0 amide bonds. The zero-order chi connectivity index (χ0) is 15.7. The van der Waals surface area contributed by atoms with Gasteiger partial charge in [0.05, 0.1) is 17.2 Å². The first-order valence-electron chi connectivity index (χ1n) is 6.74. The van der Waals surface area contributed by atoms with Crippen molar-refractivity contribution in [2.24, 2.45) is 0 Å². The van der Waals surface area contributed by atoms with Crippen molar-refractivity contribution >= 4 is 34.2 Å². The molecule has 3 rings (SSSR count). The van der Waals surface area contributed by atoms with Gasteiger partial charge in [-0.25, -0.2) is 4.79 Å². The van der Waals surface area contributed by atoms with Crippen LogP contribution < -0.4 is 10.4 Å². The largest absolute Gasteiger partial charge is 0.494 e. The normalized spacial score (nSPS) is 10.9. The number of benzene rings is 2. The van der Waals surface area contributed by atoms with Crippen molar-refractivity contribution in [2.45, 2.75) is 6.92 Å². The Bertz CT molecular complexity index is 900. The second-order valence-corrected chi connectivity index (χ2v) is 5.55. The van der Waals surface area contributed by atoms with Crippen LogP contribution in [0.4, 0.5) is 0 Å². The fraction of sp³-hybridized carbons (Fsp3) is 0.118. The molecule has 0 spiro atoms. The second-order valence-electron chi connectivity index (χ2n) is 4.70. The van der Waals surface area contributed by atoms with E-state index in [1.807, 2.05) is 19.1 Å². The van der Waals surface area contributed by atoms with Crippen molar-refractivity contribution in [3.63, 3.8) is 0 Å². The second kappa shape index (κ2) is 6.03. The lowest BCUT2D eigenvalue weighted by molar-refractivity contribution is 0.340. The molecular weight excluding hydrogens is 323 g/mol. The molecule has 0 aliphatic carbocycles. The first-order chi connectivity index (χ1) is 10.6. The first-order valence-corrected chi connectivity index (χ1v) is 7.50. The lowest BCUT2D eigenvalue weighted by atomic mass is 10.1. The Morgan fingerprint density at radius 1 is 1.05 bits per heavy atom. The van der Waals surface area contributed by atoms with Crippen molar-refractivity contribution < 1.29 is 9.15 Å². The SMILES string of the molecule is CCOc1ccc2cc(-c3ccc(Cl)cc3Cl)c(=O)oc2c1. The van der Waals surface area contributed by atoms with E-state index >= 15 is 0 Å². The average Bonchev–Trinajstić information content (AvgIpc) is 2.47. The highest BCUT2D eigenvalue weighted by molar-refractivity contribution is 6.36. The highest BCUT2D eigenvalue weighted by atomic mass is 35.5. The third-order valence-electron chi connectivity index (χ3n) is 3.24. The molecule has 0 aliphatic heterocycles. The summed E-state index contributed by atoms with van der Waals surface area (Å²) in [6.07, 6.45) is 0. The molecule has 112 valence electrons. The van der Waals surface area contributed by atoms with Gasteiger partial charge in [0.25, 0.3) is 0 Å². The summed E-state index contributed by atoms with van der Waals surface area (Å²) in [6.45, 7) is 2.44. The Morgan fingerprint density at radius 2 is 1.86 bits per heavy atom. The topological polar surface area (TPSA) is 39.4 Å². The van der Waals surface area contributed by atoms with Crippen LogP contribution in [0.2, 0.25) is 10.0 Å². The fourth-order valence-electron chi connectivity index (χ4n) is 2.24. The summed E-state index contributed by atoms with van der Waals surface area (Å²) < 4.78 is 10.8. The zero-order valence-electron chi connectivity index (χ0n) is 11.7. The molecule has 0 aliphatic rings. The van der Waals surface area contributed by atoms with Crippen LogP contribution in [0.1, 0.15) is 6.92 Å². The summed E-state index contributed by atoms with van der Waals surface area (Å²) in [5.74, 6) is 0.662. The lowest BCUT2D eigenvalue weighted by Gasteiger charge is -2.07. The molecular formula is C17H12Cl2O3. The standard InChI is InChI=1S/C17H12Cl2O3/c1-2-21-12-5-3-10-7-14(17(20)22-16(10)9-12)13-6-4-11(18)8-15(13)19/h3-9H,2H2,1H3. The molecule has 22 heavy (non-hydrogen) atoms. The molecule has 5 heteroatoms. The molecule has 1 aromatic heterocycles. The van der Waals surface area contributed by atoms with Crippen LogP contribution in [-0.2, 0) is 0 Å². The molecule has 2 aromatic carbocycles. The maximum Gasteiger partial charge on any atom is 0.344 e. The molecule has 1 heterocycles. The first kappa shape index (κ1) is 14.9. The van der Waals surface area contributed by atoms with Crippen molar-refractivity contribution in [2.75, 3.05) is 6.61 Å². The van der Waals surface area contributed by atoms with Gasteiger partial charge in [0.15, 0.2) is 0 Å². The Morgan fingerprint density at radius 3 is 2.59 bits per heavy atom. The van der Waals surface area contributed by atoms with E-state index in [2.05, 4.69) is 0 Å². The van der Waals surface area contributed by atoms with Gasteiger partial charge < -0.3 is 9.15 Å². The van der Waals surface area contributed by atoms with Gasteiger partial charge >= 0.3 is 5.63 Å². The van der Waals surface area contributed by atoms with Crippen LogP contribution in [0, 0.1) is 0 Å². The molecule has 0 atom stereocenters. The lowest BCUT2D eigenvalue weighted by Crippen LogP contribution is -2.03.